The van der Waals surface area contributed by atoms with E-state index in [2.05, 4.69) is 4.98 Å². The number of nitrogens with zero attached hydrogens (tertiary/aromatic N) is 1. The van der Waals surface area contributed by atoms with Crippen LogP contribution in [0.4, 0.5) is 4.39 Å². The molecule has 0 spiro atoms. The van der Waals surface area contributed by atoms with Crippen LogP contribution in [-0.2, 0) is 0 Å². The van der Waals surface area contributed by atoms with Crippen LogP contribution in [0, 0.1) is 12.7 Å². The van der Waals surface area contributed by atoms with Crippen LogP contribution in [0.5, 0.6) is 0 Å². The Morgan fingerprint density at radius 1 is 1.27 bits per heavy atom. The molecule has 1 heterocycles. The summed E-state index contributed by atoms with van der Waals surface area (Å²) in [7, 11) is 0. The van der Waals surface area contributed by atoms with Gasteiger partial charge in [0.25, 0.3) is 0 Å². The van der Waals surface area contributed by atoms with Gasteiger partial charge in [0.1, 0.15) is 5.82 Å². The SMILES string of the molecule is Cc1ccc2ncc(C(C)C)c(F)c2c1. The molecule has 0 saturated carbocycles. The summed E-state index contributed by atoms with van der Waals surface area (Å²) < 4.78 is 14.1. The summed E-state index contributed by atoms with van der Waals surface area (Å²) in [6.07, 6.45) is 1.64. The minimum atomic E-state index is -0.126. The average molecular weight is 203 g/mol. The van der Waals surface area contributed by atoms with Crippen molar-refractivity contribution in [1.29, 1.82) is 0 Å². The Labute approximate surface area is 89.0 Å². The molecule has 0 aliphatic heterocycles. The summed E-state index contributed by atoms with van der Waals surface area (Å²) in [6, 6.07) is 5.66. The highest BCUT2D eigenvalue weighted by Crippen LogP contribution is 2.24. The molecule has 15 heavy (non-hydrogen) atoms. The third kappa shape index (κ3) is 1.72. The van der Waals surface area contributed by atoms with Crippen molar-refractivity contribution in [1.82, 2.24) is 4.98 Å². The lowest BCUT2D eigenvalue weighted by Crippen LogP contribution is -1.96. The van der Waals surface area contributed by atoms with Crippen LogP contribution in [0.25, 0.3) is 10.9 Å². The van der Waals surface area contributed by atoms with Gasteiger partial charge < -0.3 is 0 Å². The summed E-state index contributed by atoms with van der Waals surface area (Å²) in [5, 5.41) is 0.626. The lowest BCUT2D eigenvalue weighted by atomic mass is 10.0. The number of halogens is 1. The van der Waals surface area contributed by atoms with Crippen molar-refractivity contribution in [2.24, 2.45) is 0 Å². The Morgan fingerprint density at radius 3 is 2.67 bits per heavy atom. The van der Waals surface area contributed by atoms with Gasteiger partial charge in [-0.05, 0) is 25.0 Å². The van der Waals surface area contributed by atoms with Gasteiger partial charge in [-0.25, -0.2) is 4.39 Å². The smallest absolute Gasteiger partial charge is 0.137 e. The maximum absolute atomic E-state index is 14.1. The normalized spacial score (nSPS) is 11.3. The van der Waals surface area contributed by atoms with Crippen molar-refractivity contribution in [2.75, 3.05) is 0 Å². The van der Waals surface area contributed by atoms with E-state index in [0.717, 1.165) is 11.1 Å². The fourth-order valence-electron chi connectivity index (χ4n) is 1.69. The Balaban J connectivity index is 2.77. The first-order valence-electron chi connectivity index (χ1n) is 5.14. The largest absolute Gasteiger partial charge is 0.256 e. The second kappa shape index (κ2) is 3.61. The third-order valence-electron chi connectivity index (χ3n) is 2.61. The first-order chi connectivity index (χ1) is 7.09. The zero-order valence-corrected chi connectivity index (χ0v) is 9.21. The first kappa shape index (κ1) is 10.1. The summed E-state index contributed by atoms with van der Waals surface area (Å²) in [5.74, 6) is 0.0427. The molecule has 2 rings (SSSR count). The van der Waals surface area contributed by atoms with Crippen molar-refractivity contribution >= 4 is 10.9 Å². The number of benzene rings is 1. The van der Waals surface area contributed by atoms with Gasteiger partial charge in [-0.2, -0.15) is 0 Å². The van der Waals surface area contributed by atoms with E-state index in [0.29, 0.717) is 10.9 Å². The van der Waals surface area contributed by atoms with Crippen LogP contribution < -0.4 is 0 Å². The van der Waals surface area contributed by atoms with E-state index in [1.165, 1.54) is 0 Å². The van der Waals surface area contributed by atoms with E-state index < -0.39 is 0 Å². The van der Waals surface area contributed by atoms with Crippen LogP contribution in [0.3, 0.4) is 0 Å². The Hall–Kier alpha value is -1.44. The number of aryl methyl sites for hydroxylation is 1. The zero-order valence-electron chi connectivity index (χ0n) is 9.21. The fraction of sp³-hybridized carbons (Fsp3) is 0.308. The predicted octanol–water partition coefficient (Wildman–Crippen LogP) is 3.81. The lowest BCUT2D eigenvalue weighted by molar-refractivity contribution is 0.607. The van der Waals surface area contributed by atoms with E-state index in [4.69, 9.17) is 0 Å². The molecule has 0 aliphatic carbocycles. The summed E-state index contributed by atoms with van der Waals surface area (Å²) in [5.41, 5.74) is 2.47. The molecular formula is C13H14FN. The van der Waals surface area contributed by atoms with Crippen LogP contribution in [0.1, 0.15) is 30.9 Å². The molecule has 0 fully saturated rings. The molecule has 78 valence electrons. The van der Waals surface area contributed by atoms with Crippen molar-refractivity contribution in [2.45, 2.75) is 26.7 Å². The van der Waals surface area contributed by atoms with Crippen molar-refractivity contribution < 1.29 is 4.39 Å². The second-order valence-corrected chi connectivity index (χ2v) is 4.20. The van der Waals surface area contributed by atoms with E-state index in [-0.39, 0.29) is 11.7 Å². The van der Waals surface area contributed by atoms with Gasteiger partial charge in [-0.15, -0.1) is 0 Å². The van der Waals surface area contributed by atoms with Crippen molar-refractivity contribution in [3.8, 4) is 0 Å². The number of pyridine rings is 1. The quantitative estimate of drug-likeness (QED) is 0.686. The van der Waals surface area contributed by atoms with Crippen LogP contribution >= 0.6 is 0 Å². The lowest BCUT2D eigenvalue weighted by Gasteiger charge is -2.09. The Bertz CT molecular complexity index is 503. The minimum Gasteiger partial charge on any atom is -0.256 e. The van der Waals surface area contributed by atoms with E-state index in [1.54, 1.807) is 6.20 Å². The third-order valence-corrected chi connectivity index (χ3v) is 2.61. The second-order valence-electron chi connectivity index (χ2n) is 4.20. The molecule has 0 unspecified atom stereocenters. The van der Waals surface area contributed by atoms with E-state index >= 15 is 0 Å². The molecule has 0 amide bonds. The van der Waals surface area contributed by atoms with Gasteiger partial charge in [0.2, 0.25) is 0 Å². The first-order valence-corrected chi connectivity index (χ1v) is 5.14. The number of hydrogen-bond acceptors (Lipinski definition) is 1. The van der Waals surface area contributed by atoms with Gasteiger partial charge >= 0.3 is 0 Å². The summed E-state index contributed by atoms with van der Waals surface area (Å²) in [6.45, 7) is 5.91. The van der Waals surface area contributed by atoms with Gasteiger partial charge in [-0.3, -0.25) is 4.98 Å². The van der Waals surface area contributed by atoms with E-state index in [1.807, 2.05) is 39.0 Å². The monoisotopic (exact) mass is 203 g/mol. The Kier molecular flexibility index (Phi) is 2.43. The number of hydrogen-bond donors (Lipinski definition) is 0. The van der Waals surface area contributed by atoms with Crippen LogP contribution in [-0.4, -0.2) is 4.98 Å². The predicted molar refractivity (Wildman–Crippen MR) is 60.5 cm³/mol. The Morgan fingerprint density at radius 2 is 2.00 bits per heavy atom. The summed E-state index contributed by atoms with van der Waals surface area (Å²) in [4.78, 5) is 4.26. The standard InChI is InChI=1S/C13H14FN/c1-8(2)11-7-15-12-5-4-9(3)6-10(12)13(11)14/h4-8H,1-3H3. The zero-order chi connectivity index (χ0) is 11.0. The molecule has 0 radical (unpaired) electrons. The maximum Gasteiger partial charge on any atom is 0.137 e. The van der Waals surface area contributed by atoms with Gasteiger partial charge in [-0.1, -0.05) is 25.5 Å². The minimum absolute atomic E-state index is 0.126. The topological polar surface area (TPSA) is 12.9 Å². The highest BCUT2D eigenvalue weighted by molar-refractivity contribution is 5.80. The van der Waals surface area contributed by atoms with Crippen LogP contribution in [0.2, 0.25) is 0 Å². The molecule has 2 aromatic rings. The summed E-state index contributed by atoms with van der Waals surface area (Å²) >= 11 is 0. The average Bonchev–Trinajstić information content (AvgIpc) is 2.19. The molecule has 1 aromatic heterocycles. The highest BCUT2D eigenvalue weighted by atomic mass is 19.1. The number of aromatic nitrogens is 1. The molecule has 1 aromatic carbocycles. The molecule has 2 heteroatoms. The molecule has 0 saturated heterocycles. The van der Waals surface area contributed by atoms with Gasteiger partial charge in [0.15, 0.2) is 0 Å². The molecule has 0 atom stereocenters. The van der Waals surface area contributed by atoms with E-state index in [9.17, 15) is 4.39 Å². The number of fused-ring (bicyclic) bond motifs is 1. The van der Waals surface area contributed by atoms with Crippen LogP contribution in [0.15, 0.2) is 24.4 Å². The number of rotatable bonds is 1. The van der Waals surface area contributed by atoms with Crippen molar-refractivity contribution in [3.05, 3.63) is 41.3 Å². The molecule has 0 aliphatic rings. The highest BCUT2D eigenvalue weighted by Gasteiger charge is 2.11. The fourth-order valence-corrected chi connectivity index (χ4v) is 1.69. The molecule has 0 N–H and O–H groups in total. The van der Waals surface area contributed by atoms with Gasteiger partial charge in [0.05, 0.1) is 5.52 Å². The van der Waals surface area contributed by atoms with Crippen molar-refractivity contribution in [3.63, 3.8) is 0 Å². The maximum atomic E-state index is 14.1. The molecule has 1 nitrogen and oxygen atoms in total. The van der Waals surface area contributed by atoms with Gasteiger partial charge in [0, 0.05) is 17.1 Å². The molecular weight excluding hydrogens is 189 g/mol. The molecule has 0 bridgehead atoms.